The molecule has 2 heterocycles. The number of carbonyl (C=O) groups is 2. The molecule has 1 amide bonds. The van der Waals surface area contributed by atoms with Crippen molar-refractivity contribution in [2.45, 2.75) is 13.5 Å². The maximum atomic E-state index is 12.1. The summed E-state index contributed by atoms with van der Waals surface area (Å²) in [7, 11) is 0. The van der Waals surface area contributed by atoms with E-state index in [0.717, 1.165) is 5.56 Å². The van der Waals surface area contributed by atoms with Crippen LogP contribution < -0.4 is 5.32 Å². The van der Waals surface area contributed by atoms with Gasteiger partial charge in [-0.1, -0.05) is 35.5 Å². The van der Waals surface area contributed by atoms with Gasteiger partial charge in [0.15, 0.2) is 11.6 Å². The highest BCUT2D eigenvalue weighted by Crippen LogP contribution is 2.16. The van der Waals surface area contributed by atoms with E-state index in [2.05, 4.69) is 15.6 Å². The molecule has 3 aromatic rings. The van der Waals surface area contributed by atoms with Gasteiger partial charge < -0.3 is 5.32 Å². The lowest BCUT2D eigenvalue weighted by atomic mass is 10.2. The average Bonchev–Trinajstić information content (AvgIpc) is 3.18. The molecule has 0 bridgehead atoms. The van der Waals surface area contributed by atoms with Crippen LogP contribution in [0.15, 0.2) is 48.0 Å². The number of Topliss-reactive ketones (excluding diaryl/α,β-unsaturated/α-hetero) is 1. The first kappa shape index (κ1) is 15.1. The van der Waals surface area contributed by atoms with E-state index in [1.807, 2.05) is 30.3 Å². The third kappa shape index (κ3) is 3.70. The zero-order valence-corrected chi connectivity index (χ0v) is 13.2. The predicted octanol–water partition coefficient (Wildman–Crippen LogP) is 2.84. The molecule has 0 aliphatic heterocycles. The molecule has 23 heavy (non-hydrogen) atoms. The van der Waals surface area contributed by atoms with Crippen LogP contribution in [0.2, 0.25) is 0 Å². The molecule has 0 aliphatic carbocycles. The van der Waals surface area contributed by atoms with Crippen LogP contribution in [-0.2, 0) is 6.54 Å². The Morgan fingerprint density at radius 1 is 1.26 bits per heavy atom. The largest absolute Gasteiger partial charge is 0.303 e. The van der Waals surface area contributed by atoms with Crippen LogP contribution >= 0.6 is 11.3 Å². The second kappa shape index (κ2) is 6.53. The fraction of sp³-hybridized carbons (Fsp3) is 0.125. The van der Waals surface area contributed by atoms with Gasteiger partial charge in [0.05, 0.1) is 17.6 Å². The summed E-state index contributed by atoms with van der Waals surface area (Å²) in [4.78, 5) is 23.9. The van der Waals surface area contributed by atoms with Gasteiger partial charge in [-0.05, 0) is 18.6 Å². The molecule has 116 valence electrons. The molecule has 6 nitrogen and oxygen atoms in total. The summed E-state index contributed by atoms with van der Waals surface area (Å²) in [6, 6.07) is 11.4. The highest BCUT2D eigenvalue weighted by Gasteiger charge is 2.13. The SMILES string of the molecule is CC(=O)c1csc(C(=O)Nc2cn(Cc3ccccc3)nn2)c1. The first-order valence-corrected chi connectivity index (χ1v) is 7.84. The van der Waals surface area contributed by atoms with Gasteiger partial charge >= 0.3 is 0 Å². The standard InChI is InChI=1S/C16H14N4O2S/c1-11(21)13-7-14(23-10-13)16(22)17-15-9-20(19-18-15)8-12-5-3-2-4-6-12/h2-7,9-10H,8H2,1H3,(H,17,22). The third-order valence-corrected chi connectivity index (χ3v) is 4.13. The summed E-state index contributed by atoms with van der Waals surface area (Å²) in [6.07, 6.45) is 1.67. The molecule has 1 aromatic carbocycles. The van der Waals surface area contributed by atoms with Crippen molar-refractivity contribution in [3.63, 3.8) is 0 Å². The first-order chi connectivity index (χ1) is 11.1. The Balaban J connectivity index is 1.66. The number of ketones is 1. The Kier molecular flexibility index (Phi) is 4.29. The van der Waals surface area contributed by atoms with E-state index in [9.17, 15) is 9.59 Å². The van der Waals surface area contributed by atoms with E-state index in [1.54, 1.807) is 22.3 Å². The van der Waals surface area contributed by atoms with Crippen molar-refractivity contribution in [2.24, 2.45) is 0 Å². The minimum absolute atomic E-state index is 0.0610. The molecule has 0 saturated carbocycles. The number of aromatic nitrogens is 3. The van der Waals surface area contributed by atoms with Crippen LogP contribution in [0.1, 0.15) is 32.5 Å². The zero-order valence-electron chi connectivity index (χ0n) is 12.4. The van der Waals surface area contributed by atoms with E-state index < -0.39 is 0 Å². The van der Waals surface area contributed by atoms with Crippen LogP contribution in [0.5, 0.6) is 0 Å². The van der Waals surface area contributed by atoms with Crippen molar-refractivity contribution in [3.8, 4) is 0 Å². The molecule has 0 saturated heterocycles. The summed E-state index contributed by atoms with van der Waals surface area (Å²) >= 11 is 1.23. The summed E-state index contributed by atoms with van der Waals surface area (Å²) < 4.78 is 1.65. The average molecular weight is 326 g/mol. The molecule has 2 aromatic heterocycles. The van der Waals surface area contributed by atoms with E-state index in [1.165, 1.54) is 18.3 Å². The minimum atomic E-state index is -0.297. The van der Waals surface area contributed by atoms with Crippen molar-refractivity contribution in [1.82, 2.24) is 15.0 Å². The van der Waals surface area contributed by atoms with Crippen molar-refractivity contribution >= 4 is 28.8 Å². The number of benzene rings is 1. The van der Waals surface area contributed by atoms with Crippen molar-refractivity contribution < 1.29 is 9.59 Å². The van der Waals surface area contributed by atoms with E-state index in [4.69, 9.17) is 0 Å². The van der Waals surface area contributed by atoms with Crippen molar-refractivity contribution in [2.75, 3.05) is 5.32 Å². The topological polar surface area (TPSA) is 76.9 Å². The number of anilines is 1. The van der Waals surface area contributed by atoms with Crippen LogP contribution in [0, 0.1) is 0 Å². The summed E-state index contributed by atoms with van der Waals surface area (Å²) in [5.41, 5.74) is 1.63. The van der Waals surface area contributed by atoms with Crippen LogP contribution in [0.4, 0.5) is 5.82 Å². The number of rotatable bonds is 5. The molecule has 1 N–H and O–H groups in total. The fourth-order valence-corrected chi connectivity index (χ4v) is 2.86. The van der Waals surface area contributed by atoms with Crippen LogP contribution in [0.3, 0.4) is 0 Å². The molecule has 0 aliphatic rings. The lowest BCUT2D eigenvalue weighted by Gasteiger charge is -2.00. The van der Waals surface area contributed by atoms with Gasteiger partial charge in [0.2, 0.25) is 0 Å². The van der Waals surface area contributed by atoms with Gasteiger partial charge in [-0.2, -0.15) is 0 Å². The van der Waals surface area contributed by atoms with Gasteiger partial charge in [-0.25, -0.2) is 4.68 Å². The normalized spacial score (nSPS) is 10.5. The number of hydrogen-bond acceptors (Lipinski definition) is 5. The van der Waals surface area contributed by atoms with Gasteiger partial charge in [-0.3, -0.25) is 9.59 Å². The summed E-state index contributed by atoms with van der Waals surface area (Å²) in [5, 5.41) is 12.3. The number of carbonyl (C=O) groups excluding carboxylic acids is 2. The lowest BCUT2D eigenvalue weighted by molar-refractivity contribution is 0.101. The Morgan fingerprint density at radius 3 is 2.74 bits per heavy atom. The highest BCUT2D eigenvalue weighted by atomic mass is 32.1. The highest BCUT2D eigenvalue weighted by molar-refractivity contribution is 7.12. The number of hydrogen-bond donors (Lipinski definition) is 1. The molecule has 0 atom stereocenters. The number of amides is 1. The predicted molar refractivity (Wildman–Crippen MR) is 87.8 cm³/mol. The molecule has 0 fully saturated rings. The molecule has 0 radical (unpaired) electrons. The monoisotopic (exact) mass is 326 g/mol. The zero-order chi connectivity index (χ0) is 16.2. The smallest absolute Gasteiger partial charge is 0.266 e. The van der Waals surface area contributed by atoms with E-state index in [-0.39, 0.29) is 11.7 Å². The number of nitrogens with zero attached hydrogens (tertiary/aromatic N) is 3. The molecule has 0 unspecified atom stereocenters. The molecule has 0 spiro atoms. The quantitative estimate of drug-likeness (QED) is 0.731. The van der Waals surface area contributed by atoms with Gasteiger partial charge in [-0.15, -0.1) is 16.4 Å². The summed E-state index contributed by atoms with van der Waals surface area (Å²) in [6.45, 7) is 2.05. The second-order valence-electron chi connectivity index (χ2n) is 5.00. The Morgan fingerprint density at radius 2 is 2.04 bits per heavy atom. The third-order valence-electron chi connectivity index (χ3n) is 3.20. The molecule has 3 rings (SSSR count). The maximum Gasteiger partial charge on any atom is 0.266 e. The maximum absolute atomic E-state index is 12.1. The van der Waals surface area contributed by atoms with E-state index >= 15 is 0 Å². The number of nitrogens with one attached hydrogen (secondary N) is 1. The molecular formula is C16H14N4O2S. The Hall–Kier alpha value is -2.80. The van der Waals surface area contributed by atoms with E-state index in [0.29, 0.717) is 22.8 Å². The molecule has 7 heteroatoms. The van der Waals surface area contributed by atoms with Crippen LogP contribution in [0.25, 0.3) is 0 Å². The van der Waals surface area contributed by atoms with Crippen molar-refractivity contribution in [1.29, 1.82) is 0 Å². The van der Waals surface area contributed by atoms with Gasteiger partial charge in [0, 0.05) is 10.9 Å². The van der Waals surface area contributed by atoms with Gasteiger partial charge in [0.25, 0.3) is 5.91 Å². The Labute approximate surface area is 136 Å². The molecular weight excluding hydrogens is 312 g/mol. The fourth-order valence-electron chi connectivity index (χ4n) is 2.02. The lowest BCUT2D eigenvalue weighted by Crippen LogP contribution is -2.10. The van der Waals surface area contributed by atoms with Crippen molar-refractivity contribution in [3.05, 3.63) is 64.0 Å². The Bertz CT molecular complexity index is 839. The number of thiophene rings is 1. The van der Waals surface area contributed by atoms with Gasteiger partial charge in [0.1, 0.15) is 0 Å². The second-order valence-corrected chi connectivity index (χ2v) is 5.91. The van der Waals surface area contributed by atoms with Crippen LogP contribution in [-0.4, -0.2) is 26.7 Å². The summed E-state index contributed by atoms with van der Waals surface area (Å²) in [5.74, 6) is 0.0204. The first-order valence-electron chi connectivity index (χ1n) is 6.97. The minimum Gasteiger partial charge on any atom is -0.303 e.